The summed E-state index contributed by atoms with van der Waals surface area (Å²) in [4.78, 5) is 12.0. The van der Waals surface area contributed by atoms with E-state index >= 15 is 0 Å². The fourth-order valence-electron chi connectivity index (χ4n) is 2.63. The molecule has 1 aliphatic heterocycles. The third-order valence-electron chi connectivity index (χ3n) is 3.96. The molecular formula is C15H20F2N2O4S. The summed E-state index contributed by atoms with van der Waals surface area (Å²) in [5.74, 6) is -2.74. The molecule has 0 aromatic heterocycles. The predicted molar refractivity (Wildman–Crippen MR) is 83.0 cm³/mol. The molecule has 24 heavy (non-hydrogen) atoms. The van der Waals surface area contributed by atoms with Crippen LogP contribution in [0.2, 0.25) is 0 Å². The van der Waals surface area contributed by atoms with Gasteiger partial charge in [0.25, 0.3) is 0 Å². The molecule has 0 spiro atoms. The van der Waals surface area contributed by atoms with E-state index in [-0.39, 0.29) is 19.5 Å². The molecule has 1 heterocycles. The van der Waals surface area contributed by atoms with Crippen LogP contribution in [0.25, 0.3) is 0 Å². The van der Waals surface area contributed by atoms with Crippen LogP contribution in [0.4, 0.5) is 8.78 Å². The van der Waals surface area contributed by atoms with Crippen molar-refractivity contribution in [3.05, 3.63) is 29.8 Å². The van der Waals surface area contributed by atoms with Crippen molar-refractivity contribution in [3.63, 3.8) is 0 Å². The largest absolute Gasteiger partial charge is 0.481 e. The Hall–Kier alpha value is -1.58. The second-order valence-electron chi connectivity index (χ2n) is 5.67. The average molecular weight is 362 g/mol. The summed E-state index contributed by atoms with van der Waals surface area (Å²) in [5, 5.41) is 8.58. The highest BCUT2D eigenvalue weighted by molar-refractivity contribution is 7.89. The number of benzene rings is 1. The van der Waals surface area contributed by atoms with Crippen molar-refractivity contribution in [1.29, 1.82) is 0 Å². The quantitative estimate of drug-likeness (QED) is 0.744. The van der Waals surface area contributed by atoms with Gasteiger partial charge in [-0.2, -0.15) is 4.31 Å². The molecule has 1 saturated heterocycles. The number of nitrogens with zero attached hydrogens (tertiary/aromatic N) is 2. The van der Waals surface area contributed by atoms with Crippen molar-refractivity contribution in [2.24, 2.45) is 0 Å². The number of halogens is 2. The van der Waals surface area contributed by atoms with E-state index in [1.54, 1.807) is 0 Å². The number of carboxylic acids is 1. The summed E-state index contributed by atoms with van der Waals surface area (Å²) < 4.78 is 52.8. The SMILES string of the molecule is O=C(O)CCCCN1CCN(S(=O)(=O)c2ccc(F)cc2F)CC1. The summed E-state index contributed by atoms with van der Waals surface area (Å²) in [5.41, 5.74) is 0. The van der Waals surface area contributed by atoms with E-state index in [9.17, 15) is 22.0 Å². The molecule has 0 aliphatic carbocycles. The second kappa shape index (κ2) is 8.00. The zero-order valence-corrected chi connectivity index (χ0v) is 13.9. The molecule has 0 radical (unpaired) electrons. The Morgan fingerprint density at radius 3 is 2.38 bits per heavy atom. The molecule has 134 valence electrons. The van der Waals surface area contributed by atoms with Crippen molar-refractivity contribution >= 4 is 16.0 Å². The third-order valence-corrected chi connectivity index (χ3v) is 5.89. The molecule has 6 nitrogen and oxygen atoms in total. The van der Waals surface area contributed by atoms with Crippen LogP contribution in [-0.4, -0.2) is 61.4 Å². The monoisotopic (exact) mass is 362 g/mol. The van der Waals surface area contributed by atoms with Gasteiger partial charge in [-0.25, -0.2) is 17.2 Å². The minimum absolute atomic E-state index is 0.123. The molecule has 0 saturated carbocycles. The van der Waals surface area contributed by atoms with Gasteiger partial charge >= 0.3 is 5.97 Å². The molecular weight excluding hydrogens is 342 g/mol. The number of carbonyl (C=O) groups is 1. The minimum Gasteiger partial charge on any atom is -0.481 e. The topological polar surface area (TPSA) is 77.9 Å². The van der Waals surface area contributed by atoms with Crippen molar-refractivity contribution < 1.29 is 27.1 Å². The summed E-state index contributed by atoms with van der Waals surface area (Å²) in [7, 11) is -3.98. The molecule has 0 amide bonds. The Morgan fingerprint density at radius 2 is 1.79 bits per heavy atom. The number of unbranched alkanes of at least 4 members (excludes halogenated alkanes) is 1. The van der Waals surface area contributed by atoms with Crippen molar-refractivity contribution in [2.45, 2.75) is 24.2 Å². The van der Waals surface area contributed by atoms with Crippen LogP contribution in [0.5, 0.6) is 0 Å². The highest BCUT2D eigenvalue weighted by Crippen LogP contribution is 2.21. The Labute approximate surface area is 139 Å². The number of hydrogen-bond acceptors (Lipinski definition) is 4. The van der Waals surface area contributed by atoms with E-state index in [0.29, 0.717) is 32.1 Å². The smallest absolute Gasteiger partial charge is 0.303 e. The summed E-state index contributed by atoms with van der Waals surface area (Å²) >= 11 is 0. The highest BCUT2D eigenvalue weighted by Gasteiger charge is 2.30. The number of hydrogen-bond donors (Lipinski definition) is 1. The summed E-state index contributed by atoms with van der Waals surface area (Å²) in [6.45, 7) is 2.13. The van der Waals surface area contributed by atoms with Crippen LogP contribution in [-0.2, 0) is 14.8 Å². The average Bonchev–Trinajstić information content (AvgIpc) is 2.51. The summed E-state index contributed by atoms with van der Waals surface area (Å²) in [6.07, 6.45) is 1.43. The van der Waals surface area contributed by atoms with Crippen LogP contribution in [0.3, 0.4) is 0 Å². The predicted octanol–water partition coefficient (Wildman–Crippen LogP) is 1.53. The zero-order chi connectivity index (χ0) is 17.7. The first kappa shape index (κ1) is 18.8. The first-order valence-electron chi connectivity index (χ1n) is 7.70. The molecule has 1 N–H and O–H groups in total. The Kier molecular flexibility index (Phi) is 6.25. The van der Waals surface area contributed by atoms with Gasteiger partial charge in [0.1, 0.15) is 16.5 Å². The van der Waals surface area contributed by atoms with Crippen LogP contribution in [0.15, 0.2) is 23.1 Å². The first-order valence-corrected chi connectivity index (χ1v) is 9.14. The molecule has 9 heteroatoms. The maximum absolute atomic E-state index is 13.7. The molecule has 1 aliphatic rings. The standard InChI is InChI=1S/C15H20F2N2O4S/c16-12-4-5-14(13(17)11-12)24(22,23)19-9-7-18(8-10-19)6-2-1-3-15(20)21/h4-5,11H,1-3,6-10H2,(H,20,21). The summed E-state index contributed by atoms with van der Waals surface area (Å²) in [6, 6.07) is 2.43. The lowest BCUT2D eigenvalue weighted by atomic mass is 10.2. The van der Waals surface area contributed by atoms with E-state index in [0.717, 1.165) is 18.6 Å². The Bertz CT molecular complexity index is 689. The third kappa shape index (κ3) is 4.71. The van der Waals surface area contributed by atoms with Crippen LogP contribution >= 0.6 is 0 Å². The fourth-order valence-corrected chi connectivity index (χ4v) is 4.10. The van der Waals surface area contributed by atoms with Crippen molar-refractivity contribution in [3.8, 4) is 0 Å². The van der Waals surface area contributed by atoms with Gasteiger partial charge in [0, 0.05) is 38.7 Å². The van der Waals surface area contributed by atoms with Crippen LogP contribution in [0.1, 0.15) is 19.3 Å². The van der Waals surface area contributed by atoms with Gasteiger partial charge in [-0.1, -0.05) is 0 Å². The highest BCUT2D eigenvalue weighted by atomic mass is 32.2. The normalized spacial score (nSPS) is 17.1. The van der Waals surface area contributed by atoms with Gasteiger partial charge < -0.3 is 10.0 Å². The maximum atomic E-state index is 13.7. The Morgan fingerprint density at radius 1 is 1.12 bits per heavy atom. The van der Waals surface area contributed by atoms with E-state index in [4.69, 9.17) is 5.11 Å². The van der Waals surface area contributed by atoms with Crippen LogP contribution in [0, 0.1) is 11.6 Å². The second-order valence-corrected chi connectivity index (χ2v) is 7.58. The molecule has 0 unspecified atom stereocenters. The van der Waals surface area contributed by atoms with Gasteiger partial charge in [-0.15, -0.1) is 0 Å². The zero-order valence-electron chi connectivity index (χ0n) is 13.1. The number of carboxylic acid groups (broad SMARTS) is 1. The van der Waals surface area contributed by atoms with Gasteiger partial charge in [0.05, 0.1) is 0 Å². The minimum atomic E-state index is -3.98. The lowest BCUT2D eigenvalue weighted by Crippen LogP contribution is -2.48. The van der Waals surface area contributed by atoms with E-state index in [1.807, 2.05) is 0 Å². The molecule has 2 rings (SSSR count). The first-order chi connectivity index (χ1) is 11.3. The van der Waals surface area contributed by atoms with Gasteiger partial charge in [0.2, 0.25) is 10.0 Å². The molecule has 0 bridgehead atoms. The van der Waals surface area contributed by atoms with E-state index < -0.39 is 32.5 Å². The number of sulfonamides is 1. The van der Waals surface area contributed by atoms with Crippen molar-refractivity contribution in [1.82, 2.24) is 9.21 Å². The molecule has 1 fully saturated rings. The molecule has 1 aromatic rings. The van der Waals surface area contributed by atoms with Gasteiger partial charge in [-0.05, 0) is 31.5 Å². The fraction of sp³-hybridized carbons (Fsp3) is 0.533. The van der Waals surface area contributed by atoms with E-state index in [2.05, 4.69) is 4.90 Å². The van der Waals surface area contributed by atoms with E-state index in [1.165, 1.54) is 4.31 Å². The molecule has 1 aromatic carbocycles. The maximum Gasteiger partial charge on any atom is 0.303 e. The lowest BCUT2D eigenvalue weighted by molar-refractivity contribution is -0.137. The Balaban J connectivity index is 1.90. The number of piperazine rings is 1. The van der Waals surface area contributed by atoms with Crippen molar-refractivity contribution in [2.75, 3.05) is 32.7 Å². The molecule has 0 atom stereocenters. The van der Waals surface area contributed by atoms with Gasteiger partial charge in [-0.3, -0.25) is 4.79 Å². The lowest BCUT2D eigenvalue weighted by Gasteiger charge is -2.34. The number of rotatable bonds is 7. The van der Waals surface area contributed by atoms with Crippen LogP contribution < -0.4 is 0 Å². The number of aliphatic carboxylic acids is 1. The van der Waals surface area contributed by atoms with Gasteiger partial charge in [0.15, 0.2) is 0 Å².